The van der Waals surface area contributed by atoms with Crippen LogP contribution in [-0.4, -0.2) is 17.9 Å². The van der Waals surface area contributed by atoms with E-state index in [-0.39, 0.29) is 5.84 Å². The van der Waals surface area contributed by atoms with Crippen LogP contribution < -0.4 is 10.6 Å². The number of amidine groups is 1. The first kappa shape index (κ1) is 12.6. The molecule has 0 aliphatic heterocycles. The first-order valence-corrected chi connectivity index (χ1v) is 6.56. The summed E-state index contributed by atoms with van der Waals surface area (Å²) in [6.07, 6.45) is 1.75. The van der Waals surface area contributed by atoms with Gasteiger partial charge in [-0.15, -0.1) is 0 Å². The highest BCUT2D eigenvalue weighted by atomic mass is 32.1. The molecule has 0 aromatic carbocycles. The highest BCUT2D eigenvalue weighted by Crippen LogP contribution is 2.21. The van der Waals surface area contributed by atoms with Gasteiger partial charge >= 0.3 is 0 Å². The number of rotatable bonds is 4. The number of nitrogen functional groups attached to an aromatic ring is 1. The third kappa shape index (κ3) is 2.51. The molecule has 0 spiro atoms. The molecule has 0 amide bonds. The fourth-order valence-corrected chi connectivity index (χ4v) is 2.56. The highest BCUT2D eigenvalue weighted by molar-refractivity contribution is 7.07. The second-order valence-electron chi connectivity index (χ2n) is 4.23. The van der Waals surface area contributed by atoms with E-state index >= 15 is 0 Å². The lowest BCUT2D eigenvalue weighted by Gasteiger charge is -2.21. The standard InChI is InChI=1S/C13H16N4S/c1-9-3-5-16-13(11(9)12(14)15)17(2)7-10-4-6-18-8-10/h3-6,8H,7H2,1-2H3,(H3,14,15). The van der Waals surface area contributed by atoms with Gasteiger partial charge < -0.3 is 10.6 Å². The molecule has 0 saturated heterocycles. The molecule has 2 aromatic heterocycles. The van der Waals surface area contributed by atoms with Crippen molar-refractivity contribution in [3.8, 4) is 0 Å². The molecule has 2 heterocycles. The summed E-state index contributed by atoms with van der Waals surface area (Å²) in [6.45, 7) is 2.71. The summed E-state index contributed by atoms with van der Waals surface area (Å²) in [6, 6.07) is 3.96. The van der Waals surface area contributed by atoms with Crippen LogP contribution in [0.3, 0.4) is 0 Å². The minimum absolute atomic E-state index is 0.0627. The summed E-state index contributed by atoms with van der Waals surface area (Å²) in [7, 11) is 1.96. The largest absolute Gasteiger partial charge is 0.384 e. The Labute approximate surface area is 111 Å². The van der Waals surface area contributed by atoms with Crippen molar-refractivity contribution in [2.24, 2.45) is 5.73 Å². The molecule has 0 aliphatic carbocycles. The lowest BCUT2D eigenvalue weighted by atomic mass is 10.1. The first-order chi connectivity index (χ1) is 8.59. The predicted molar refractivity (Wildman–Crippen MR) is 76.4 cm³/mol. The Morgan fingerprint density at radius 2 is 2.28 bits per heavy atom. The van der Waals surface area contributed by atoms with E-state index < -0.39 is 0 Å². The van der Waals surface area contributed by atoms with E-state index in [9.17, 15) is 0 Å². The van der Waals surface area contributed by atoms with Crippen LogP contribution in [0.4, 0.5) is 5.82 Å². The van der Waals surface area contributed by atoms with Crippen LogP contribution >= 0.6 is 11.3 Å². The van der Waals surface area contributed by atoms with E-state index in [2.05, 4.69) is 21.8 Å². The van der Waals surface area contributed by atoms with Gasteiger partial charge in [-0.1, -0.05) is 0 Å². The third-order valence-electron chi connectivity index (χ3n) is 2.77. The van der Waals surface area contributed by atoms with Gasteiger partial charge in [0.15, 0.2) is 0 Å². The van der Waals surface area contributed by atoms with E-state index in [1.165, 1.54) is 5.56 Å². The second kappa shape index (κ2) is 5.18. The molecule has 4 nitrogen and oxygen atoms in total. The maximum atomic E-state index is 7.67. The molecular formula is C13H16N4S. The molecule has 94 valence electrons. The summed E-state index contributed by atoms with van der Waals surface area (Å²) in [5.41, 5.74) is 8.58. The van der Waals surface area contributed by atoms with E-state index in [0.29, 0.717) is 0 Å². The topological polar surface area (TPSA) is 66.0 Å². The molecule has 0 saturated carbocycles. The van der Waals surface area contributed by atoms with Crippen molar-refractivity contribution in [3.05, 3.63) is 45.8 Å². The zero-order chi connectivity index (χ0) is 13.1. The molecule has 2 aromatic rings. The van der Waals surface area contributed by atoms with Gasteiger partial charge in [0.25, 0.3) is 0 Å². The summed E-state index contributed by atoms with van der Waals surface area (Å²) in [4.78, 5) is 6.37. The van der Waals surface area contributed by atoms with Gasteiger partial charge in [0.2, 0.25) is 0 Å². The minimum atomic E-state index is 0.0627. The van der Waals surface area contributed by atoms with Crippen LogP contribution in [0, 0.1) is 12.3 Å². The van der Waals surface area contributed by atoms with Crippen LogP contribution in [0.25, 0.3) is 0 Å². The second-order valence-corrected chi connectivity index (χ2v) is 5.01. The Hall–Kier alpha value is -1.88. The van der Waals surface area contributed by atoms with Crippen molar-refractivity contribution in [2.75, 3.05) is 11.9 Å². The van der Waals surface area contributed by atoms with Gasteiger partial charge in [-0.25, -0.2) is 4.98 Å². The molecule has 0 radical (unpaired) electrons. The number of aryl methyl sites for hydroxylation is 1. The molecule has 18 heavy (non-hydrogen) atoms. The van der Waals surface area contributed by atoms with Crippen molar-refractivity contribution < 1.29 is 0 Å². The molecule has 5 heteroatoms. The molecule has 0 bridgehead atoms. The Morgan fingerprint density at radius 1 is 1.50 bits per heavy atom. The fourth-order valence-electron chi connectivity index (χ4n) is 1.90. The van der Waals surface area contributed by atoms with Crippen molar-refractivity contribution in [2.45, 2.75) is 13.5 Å². The molecule has 0 aliphatic rings. The predicted octanol–water partition coefficient (Wildman–Crippen LogP) is 2.37. The van der Waals surface area contributed by atoms with Crippen molar-refractivity contribution in [3.63, 3.8) is 0 Å². The Bertz CT molecular complexity index is 548. The Kier molecular flexibility index (Phi) is 3.62. The van der Waals surface area contributed by atoms with Gasteiger partial charge in [-0.2, -0.15) is 11.3 Å². The number of nitrogens with zero attached hydrogens (tertiary/aromatic N) is 2. The van der Waals surface area contributed by atoms with Gasteiger partial charge in [-0.3, -0.25) is 5.41 Å². The Morgan fingerprint density at radius 3 is 2.89 bits per heavy atom. The quantitative estimate of drug-likeness (QED) is 0.655. The number of nitrogens with one attached hydrogen (secondary N) is 1. The average molecular weight is 260 g/mol. The number of hydrogen-bond donors (Lipinski definition) is 2. The van der Waals surface area contributed by atoms with Gasteiger partial charge in [-0.05, 0) is 40.9 Å². The lowest BCUT2D eigenvalue weighted by Crippen LogP contribution is -2.24. The summed E-state index contributed by atoms with van der Waals surface area (Å²) in [5.74, 6) is 0.821. The van der Waals surface area contributed by atoms with Crippen LogP contribution in [0.5, 0.6) is 0 Å². The maximum Gasteiger partial charge on any atom is 0.139 e. The monoisotopic (exact) mass is 260 g/mol. The van der Waals surface area contributed by atoms with E-state index in [1.807, 2.05) is 24.9 Å². The highest BCUT2D eigenvalue weighted by Gasteiger charge is 2.14. The van der Waals surface area contributed by atoms with Crippen molar-refractivity contribution in [1.29, 1.82) is 5.41 Å². The maximum absolute atomic E-state index is 7.67. The first-order valence-electron chi connectivity index (χ1n) is 5.62. The van der Waals surface area contributed by atoms with E-state index in [1.54, 1.807) is 17.5 Å². The van der Waals surface area contributed by atoms with Gasteiger partial charge in [0, 0.05) is 19.8 Å². The van der Waals surface area contributed by atoms with Crippen LogP contribution in [0.1, 0.15) is 16.7 Å². The SMILES string of the molecule is Cc1ccnc(N(C)Cc2ccsc2)c1C(=N)N. The molecule has 0 unspecified atom stereocenters. The fraction of sp³-hybridized carbons (Fsp3) is 0.231. The van der Waals surface area contributed by atoms with Crippen molar-refractivity contribution >= 4 is 23.0 Å². The number of thiophene rings is 1. The normalized spacial score (nSPS) is 10.3. The number of anilines is 1. The number of pyridine rings is 1. The smallest absolute Gasteiger partial charge is 0.139 e. The number of aromatic nitrogens is 1. The van der Waals surface area contributed by atoms with Crippen LogP contribution in [-0.2, 0) is 6.54 Å². The zero-order valence-corrected chi connectivity index (χ0v) is 11.3. The third-order valence-corrected chi connectivity index (χ3v) is 3.50. The number of nitrogens with two attached hydrogens (primary N) is 1. The average Bonchev–Trinajstić information content (AvgIpc) is 2.80. The molecule has 0 atom stereocenters. The Balaban J connectivity index is 2.32. The van der Waals surface area contributed by atoms with Gasteiger partial charge in [0.1, 0.15) is 11.7 Å². The minimum Gasteiger partial charge on any atom is -0.384 e. The van der Waals surface area contributed by atoms with Gasteiger partial charge in [0.05, 0.1) is 5.56 Å². The molecular weight excluding hydrogens is 244 g/mol. The van der Waals surface area contributed by atoms with E-state index in [4.69, 9.17) is 11.1 Å². The summed E-state index contributed by atoms with van der Waals surface area (Å²) >= 11 is 1.68. The molecule has 3 N–H and O–H groups in total. The van der Waals surface area contributed by atoms with E-state index in [0.717, 1.165) is 23.5 Å². The van der Waals surface area contributed by atoms with Crippen LogP contribution in [0.15, 0.2) is 29.1 Å². The molecule has 0 fully saturated rings. The number of hydrogen-bond acceptors (Lipinski definition) is 4. The van der Waals surface area contributed by atoms with Crippen molar-refractivity contribution in [1.82, 2.24) is 4.98 Å². The zero-order valence-electron chi connectivity index (χ0n) is 10.5. The summed E-state index contributed by atoms with van der Waals surface area (Å²) in [5, 5.41) is 11.8. The van der Waals surface area contributed by atoms with Crippen LogP contribution in [0.2, 0.25) is 0 Å². The molecule has 2 rings (SSSR count). The summed E-state index contributed by atoms with van der Waals surface area (Å²) < 4.78 is 0. The lowest BCUT2D eigenvalue weighted by molar-refractivity contribution is 0.897.